The highest BCUT2D eigenvalue weighted by Gasteiger charge is 2.49. The molecule has 1 aromatic carbocycles. The smallest absolute Gasteiger partial charge is 0.382 e. The molecular formula is C25H31F3N6O2. The molecule has 1 saturated carbocycles. The van der Waals surface area contributed by atoms with Crippen LogP contribution in [0, 0.1) is 5.92 Å². The van der Waals surface area contributed by atoms with Crippen molar-refractivity contribution in [1.29, 1.82) is 0 Å². The molecule has 2 aromatic rings. The zero-order valence-corrected chi connectivity index (χ0v) is 20.4. The maximum atomic E-state index is 14.1. The molecule has 3 heterocycles. The molecular weight excluding hydrogens is 473 g/mol. The number of amides is 2. The molecule has 0 radical (unpaired) electrons. The normalized spacial score (nSPS) is 20.4. The van der Waals surface area contributed by atoms with Crippen LogP contribution in [0.3, 0.4) is 0 Å². The van der Waals surface area contributed by atoms with E-state index in [1.54, 1.807) is 11.0 Å². The molecule has 0 bridgehead atoms. The molecule has 0 spiro atoms. The molecule has 1 aliphatic carbocycles. The number of hydrogen-bond donors (Lipinski definition) is 3. The van der Waals surface area contributed by atoms with Crippen molar-refractivity contribution in [3.05, 3.63) is 40.7 Å². The maximum Gasteiger partial charge on any atom is 0.435 e. The highest BCUT2D eigenvalue weighted by atomic mass is 19.4. The number of nitrogens with one attached hydrogen (secondary N) is 2. The van der Waals surface area contributed by atoms with Gasteiger partial charge in [-0.15, -0.1) is 0 Å². The highest BCUT2D eigenvalue weighted by Crippen LogP contribution is 2.42. The van der Waals surface area contributed by atoms with E-state index in [4.69, 9.17) is 5.73 Å². The van der Waals surface area contributed by atoms with Crippen LogP contribution in [0.2, 0.25) is 0 Å². The summed E-state index contributed by atoms with van der Waals surface area (Å²) in [6.45, 7) is 5.84. The van der Waals surface area contributed by atoms with E-state index in [0.29, 0.717) is 23.8 Å². The first-order valence-electron chi connectivity index (χ1n) is 12.4. The molecule has 5 rings (SSSR count). The van der Waals surface area contributed by atoms with Crippen LogP contribution >= 0.6 is 0 Å². The first-order chi connectivity index (χ1) is 17.0. The summed E-state index contributed by atoms with van der Waals surface area (Å²) in [6, 6.07) is 4.71. The second-order valence-corrected chi connectivity index (χ2v) is 10.7. The molecule has 2 aliphatic heterocycles. The molecule has 0 atom stereocenters. The summed E-state index contributed by atoms with van der Waals surface area (Å²) in [6.07, 6.45) is -0.942. The quantitative estimate of drug-likeness (QED) is 0.560. The molecule has 194 valence electrons. The average Bonchev–Trinajstić information content (AvgIpc) is 3.54. The fraction of sp³-hybridized carbons (Fsp3) is 0.560. The van der Waals surface area contributed by atoms with Gasteiger partial charge in [-0.1, -0.05) is 0 Å². The number of halogens is 3. The van der Waals surface area contributed by atoms with Crippen molar-refractivity contribution >= 4 is 17.5 Å². The minimum Gasteiger partial charge on any atom is -0.382 e. The molecule has 8 nitrogen and oxygen atoms in total. The zero-order chi connectivity index (χ0) is 25.8. The van der Waals surface area contributed by atoms with Gasteiger partial charge in [-0.05, 0) is 76.7 Å². The Morgan fingerprint density at radius 1 is 1.22 bits per heavy atom. The summed E-state index contributed by atoms with van der Waals surface area (Å²) in [4.78, 5) is 27.1. The highest BCUT2D eigenvalue weighted by molar-refractivity contribution is 6.00. The van der Waals surface area contributed by atoms with Crippen molar-refractivity contribution in [3.63, 3.8) is 0 Å². The molecule has 4 N–H and O–H groups in total. The van der Waals surface area contributed by atoms with E-state index in [0.717, 1.165) is 38.8 Å². The summed E-state index contributed by atoms with van der Waals surface area (Å²) in [7, 11) is 0. The number of hydrogen-bond acceptors (Lipinski definition) is 5. The molecule has 36 heavy (non-hydrogen) atoms. The molecule has 0 unspecified atom stereocenters. The second-order valence-electron chi connectivity index (χ2n) is 10.7. The van der Waals surface area contributed by atoms with E-state index in [1.165, 1.54) is 16.8 Å². The van der Waals surface area contributed by atoms with Crippen LogP contribution in [0.5, 0.6) is 0 Å². The van der Waals surface area contributed by atoms with Gasteiger partial charge in [0.15, 0.2) is 5.69 Å². The molecule has 1 aromatic heterocycles. The van der Waals surface area contributed by atoms with Gasteiger partial charge in [0.1, 0.15) is 0 Å². The summed E-state index contributed by atoms with van der Waals surface area (Å²) in [5.74, 6) is -0.929. The van der Waals surface area contributed by atoms with Gasteiger partial charge >= 0.3 is 6.18 Å². The van der Waals surface area contributed by atoms with E-state index < -0.39 is 29.2 Å². The third-order valence-corrected chi connectivity index (χ3v) is 7.39. The SMILES string of the molecule is CC1(C)Cc2c(c(C(F)(F)F)nn2-c2ccc(C(N)=O)c(NC3CCNCC3)c2)C(=O)N1CC1CC1. The van der Waals surface area contributed by atoms with Crippen LogP contribution < -0.4 is 16.4 Å². The Bertz CT molecular complexity index is 1200. The monoisotopic (exact) mass is 504 g/mol. The Balaban J connectivity index is 1.60. The standard InChI is InChI=1S/C25H31F3N6O2/c1-24(2)12-19-20(23(36)33(24)13-14-3-4-14)21(25(26,27)28)32-34(19)16-5-6-17(22(29)35)18(11-16)31-15-7-9-30-10-8-15/h5-6,11,14-15,30-31H,3-4,7-10,12-13H2,1-2H3,(H2,29,35). The third-order valence-electron chi connectivity index (χ3n) is 7.39. The number of anilines is 1. The zero-order valence-electron chi connectivity index (χ0n) is 20.4. The predicted octanol–water partition coefficient (Wildman–Crippen LogP) is 3.34. The Morgan fingerprint density at radius 2 is 1.92 bits per heavy atom. The number of primary amides is 1. The fourth-order valence-corrected chi connectivity index (χ4v) is 5.24. The Kier molecular flexibility index (Phi) is 6.01. The van der Waals surface area contributed by atoms with Crippen molar-refractivity contribution in [2.75, 3.05) is 25.0 Å². The summed E-state index contributed by atoms with van der Waals surface area (Å²) >= 11 is 0. The average molecular weight is 505 g/mol. The van der Waals surface area contributed by atoms with Gasteiger partial charge in [0.25, 0.3) is 11.8 Å². The first-order valence-corrected chi connectivity index (χ1v) is 12.4. The predicted molar refractivity (Wildman–Crippen MR) is 128 cm³/mol. The van der Waals surface area contributed by atoms with Gasteiger partial charge in [-0.2, -0.15) is 18.3 Å². The number of carbonyl (C=O) groups is 2. The maximum absolute atomic E-state index is 14.1. The van der Waals surface area contributed by atoms with E-state index >= 15 is 0 Å². The lowest BCUT2D eigenvalue weighted by Gasteiger charge is -2.42. The van der Waals surface area contributed by atoms with Crippen LogP contribution in [0.4, 0.5) is 18.9 Å². The molecule has 2 fully saturated rings. The van der Waals surface area contributed by atoms with Crippen LogP contribution in [-0.2, 0) is 12.6 Å². The summed E-state index contributed by atoms with van der Waals surface area (Å²) < 4.78 is 43.5. The van der Waals surface area contributed by atoms with Crippen molar-refractivity contribution in [1.82, 2.24) is 20.0 Å². The lowest BCUT2D eigenvalue weighted by molar-refractivity contribution is -0.141. The Labute approximate surface area is 207 Å². The molecule has 1 saturated heterocycles. The van der Waals surface area contributed by atoms with E-state index in [9.17, 15) is 22.8 Å². The van der Waals surface area contributed by atoms with Crippen LogP contribution in [-0.4, -0.2) is 57.7 Å². The number of benzene rings is 1. The van der Waals surface area contributed by atoms with E-state index in [1.807, 2.05) is 13.8 Å². The summed E-state index contributed by atoms with van der Waals surface area (Å²) in [5, 5.41) is 10.5. The third kappa shape index (κ3) is 4.56. The molecule has 2 amide bonds. The molecule has 3 aliphatic rings. The van der Waals surface area contributed by atoms with Crippen molar-refractivity contribution in [2.45, 2.75) is 63.7 Å². The van der Waals surface area contributed by atoms with Gasteiger partial charge in [-0.25, -0.2) is 4.68 Å². The number of rotatable bonds is 6. The minimum absolute atomic E-state index is 0.0911. The van der Waals surface area contributed by atoms with Crippen LogP contribution in [0.25, 0.3) is 5.69 Å². The van der Waals surface area contributed by atoms with Gasteiger partial charge in [0.2, 0.25) is 0 Å². The minimum atomic E-state index is -4.79. The van der Waals surface area contributed by atoms with Crippen LogP contribution in [0.15, 0.2) is 18.2 Å². The number of nitrogens with zero attached hydrogens (tertiary/aromatic N) is 3. The van der Waals surface area contributed by atoms with E-state index in [2.05, 4.69) is 15.7 Å². The van der Waals surface area contributed by atoms with Crippen molar-refractivity contribution in [3.8, 4) is 5.69 Å². The lowest BCUT2D eigenvalue weighted by Crippen LogP contribution is -2.54. The number of carbonyl (C=O) groups excluding carboxylic acids is 2. The fourth-order valence-electron chi connectivity index (χ4n) is 5.24. The Hall–Kier alpha value is -3.08. The van der Waals surface area contributed by atoms with Gasteiger partial charge in [0, 0.05) is 30.2 Å². The lowest BCUT2D eigenvalue weighted by atomic mass is 9.87. The van der Waals surface area contributed by atoms with Gasteiger partial charge in [0.05, 0.1) is 22.5 Å². The number of alkyl halides is 3. The second kappa shape index (κ2) is 8.79. The van der Waals surface area contributed by atoms with Crippen molar-refractivity contribution in [2.24, 2.45) is 11.7 Å². The largest absolute Gasteiger partial charge is 0.435 e. The Morgan fingerprint density at radius 3 is 2.53 bits per heavy atom. The number of nitrogens with two attached hydrogens (primary N) is 1. The van der Waals surface area contributed by atoms with E-state index in [-0.39, 0.29) is 29.3 Å². The number of piperidine rings is 1. The topological polar surface area (TPSA) is 105 Å². The van der Waals surface area contributed by atoms with Gasteiger partial charge in [-0.3, -0.25) is 9.59 Å². The number of fused-ring (bicyclic) bond motifs is 1. The summed E-state index contributed by atoms with van der Waals surface area (Å²) in [5.41, 5.74) is 4.61. The van der Waals surface area contributed by atoms with Crippen LogP contribution in [0.1, 0.15) is 71.6 Å². The molecule has 11 heteroatoms. The first kappa shape index (κ1) is 24.6. The van der Waals surface area contributed by atoms with Crippen molar-refractivity contribution < 1.29 is 22.8 Å². The van der Waals surface area contributed by atoms with Gasteiger partial charge < -0.3 is 21.3 Å². The number of aromatic nitrogens is 2.